The third kappa shape index (κ3) is 4.02. The van der Waals surface area contributed by atoms with Crippen molar-refractivity contribution in [2.75, 3.05) is 33.3 Å². The number of nitrogens with one attached hydrogen (secondary N) is 1. The van der Waals surface area contributed by atoms with E-state index in [4.69, 9.17) is 4.74 Å². The lowest BCUT2D eigenvalue weighted by molar-refractivity contribution is 0.244. The van der Waals surface area contributed by atoms with Crippen LogP contribution in [0.4, 0.5) is 0 Å². The van der Waals surface area contributed by atoms with Gasteiger partial charge in [-0.05, 0) is 56.7 Å². The zero-order valence-corrected chi connectivity index (χ0v) is 10.6. The Balaban J connectivity index is 1.93. The number of rotatable bonds is 3. The van der Waals surface area contributed by atoms with Crippen molar-refractivity contribution >= 4 is 0 Å². The molecule has 0 amide bonds. The first-order valence-electron chi connectivity index (χ1n) is 6.44. The zero-order chi connectivity index (χ0) is 11.9. The predicted molar refractivity (Wildman–Crippen MR) is 70.4 cm³/mol. The van der Waals surface area contributed by atoms with Crippen molar-refractivity contribution in [3.63, 3.8) is 0 Å². The van der Waals surface area contributed by atoms with Crippen LogP contribution in [0.25, 0.3) is 0 Å². The first kappa shape index (κ1) is 12.4. The summed E-state index contributed by atoms with van der Waals surface area (Å²) in [5.41, 5.74) is 1.35. The smallest absolute Gasteiger partial charge is 0.119 e. The molecule has 1 aromatic rings. The Morgan fingerprint density at radius 2 is 2.00 bits per heavy atom. The molecule has 0 radical (unpaired) electrons. The topological polar surface area (TPSA) is 24.5 Å². The second kappa shape index (κ2) is 6.62. The van der Waals surface area contributed by atoms with Crippen LogP contribution >= 0.6 is 0 Å². The quantitative estimate of drug-likeness (QED) is 0.864. The van der Waals surface area contributed by atoms with E-state index in [0.717, 1.165) is 25.4 Å². The molecule has 0 spiro atoms. The minimum atomic E-state index is 0.955. The second-order valence-electron chi connectivity index (χ2n) is 4.58. The van der Waals surface area contributed by atoms with E-state index < -0.39 is 0 Å². The molecule has 3 heteroatoms. The molecule has 0 unspecified atom stereocenters. The highest BCUT2D eigenvalue weighted by Crippen LogP contribution is 2.14. The Hall–Kier alpha value is -1.06. The molecule has 0 bridgehead atoms. The summed E-state index contributed by atoms with van der Waals surface area (Å²) < 4.78 is 5.26. The molecule has 1 fully saturated rings. The van der Waals surface area contributed by atoms with Gasteiger partial charge in [0.05, 0.1) is 7.11 Å². The summed E-state index contributed by atoms with van der Waals surface area (Å²) in [4.78, 5) is 2.54. The molecule has 0 saturated carbocycles. The Morgan fingerprint density at radius 3 is 2.71 bits per heavy atom. The van der Waals surface area contributed by atoms with Crippen molar-refractivity contribution in [2.45, 2.75) is 19.4 Å². The lowest BCUT2D eigenvalue weighted by Gasteiger charge is -2.25. The predicted octanol–water partition coefficient (Wildman–Crippen LogP) is 1.88. The van der Waals surface area contributed by atoms with Crippen LogP contribution in [0.1, 0.15) is 18.4 Å². The maximum atomic E-state index is 5.26. The number of ether oxygens (including phenoxy) is 1. The molecular formula is C14H22N2O. The molecule has 17 heavy (non-hydrogen) atoms. The van der Waals surface area contributed by atoms with Crippen LogP contribution in [-0.2, 0) is 6.54 Å². The Kier molecular flexibility index (Phi) is 4.83. The van der Waals surface area contributed by atoms with Crippen LogP contribution in [0.5, 0.6) is 5.75 Å². The Bertz CT molecular complexity index is 333. The fraction of sp³-hybridized carbons (Fsp3) is 0.571. The third-order valence-corrected chi connectivity index (χ3v) is 3.20. The fourth-order valence-corrected chi connectivity index (χ4v) is 2.28. The maximum absolute atomic E-state index is 5.26. The summed E-state index contributed by atoms with van der Waals surface area (Å²) in [7, 11) is 1.72. The van der Waals surface area contributed by atoms with E-state index in [1.54, 1.807) is 7.11 Å². The summed E-state index contributed by atoms with van der Waals surface area (Å²) in [6, 6.07) is 8.39. The number of hydrogen-bond donors (Lipinski definition) is 1. The van der Waals surface area contributed by atoms with Crippen molar-refractivity contribution in [2.24, 2.45) is 0 Å². The van der Waals surface area contributed by atoms with Gasteiger partial charge in [-0.1, -0.05) is 12.1 Å². The van der Waals surface area contributed by atoms with E-state index in [2.05, 4.69) is 28.4 Å². The minimum absolute atomic E-state index is 0.955. The fourth-order valence-electron chi connectivity index (χ4n) is 2.28. The average Bonchev–Trinajstić information content (AvgIpc) is 2.33. The molecule has 1 saturated heterocycles. The van der Waals surface area contributed by atoms with Gasteiger partial charge in [0.15, 0.2) is 0 Å². The van der Waals surface area contributed by atoms with Gasteiger partial charge >= 0.3 is 0 Å². The van der Waals surface area contributed by atoms with Crippen LogP contribution in [0.15, 0.2) is 24.3 Å². The summed E-state index contributed by atoms with van der Waals surface area (Å²) in [6.45, 7) is 5.70. The highest BCUT2D eigenvalue weighted by Gasteiger charge is 2.08. The van der Waals surface area contributed by atoms with E-state index in [9.17, 15) is 0 Å². The SMILES string of the molecule is COc1cccc(CN2CCCNCCC2)c1. The van der Waals surface area contributed by atoms with E-state index in [-0.39, 0.29) is 0 Å². The van der Waals surface area contributed by atoms with Crippen LogP contribution < -0.4 is 10.1 Å². The normalized spacial score (nSPS) is 18.4. The molecule has 0 atom stereocenters. The summed E-state index contributed by atoms with van der Waals surface area (Å²) in [5.74, 6) is 0.955. The van der Waals surface area contributed by atoms with Crippen molar-refractivity contribution in [3.05, 3.63) is 29.8 Å². The van der Waals surface area contributed by atoms with E-state index in [1.165, 1.54) is 31.5 Å². The third-order valence-electron chi connectivity index (χ3n) is 3.20. The molecule has 94 valence electrons. The van der Waals surface area contributed by atoms with Crippen LogP contribution in [-0.4, -0.2) is 38.2 Å². The van der Waals surface area contributed by atoms with Gasteiger partial charge in [0.1, 0.15) is 5.75 Å². The molecule has 1 aromatic carbocycles. The zero-order valence-electron chi connectivity index (χ0n) is 10.6. The lowest BCUT2D eigenvalue weighted by Crippen LogP contribution is -2.33. The summed E-state index contributed by atoms with van der Waals surface area (Å²) >= 11 is 0. The van der Waals surface area contributed by atoms with E-state index in [1.807, 2.05) is 6.07 Å². The van der Waals surface area contributed by atoms with Crippen molar-refractivity contribution in [1.82, 2.24) is 10.2 Å². The van der Waals surface area contributed by atoms with Gasteiger partial charge in [-0.3, -0.25) is 4.90 Å². The first-order valence-corrected chi connectivity index (χ1v) is 6.44. The van der Waals surface area contributed by atoms with Gasteiger partial charge in [-0.2, -0.15) is 0 Å². The van der Waals surface area contributed by atoms with E-state index >= 15 is 0 Å². The van der Waals surface area contributed by atoms with Crippen molar-refractivity contribution in [3.8, 4) is 5.75 Å². The Labute approximate surface area is 104 Å². The summed E-state index contributed by atoms with van der Waals surface area (Å²) in [5, 5.41) is 3.44. The highest BCUT2D eigenvalue weighted by molar-refractivity contribution is 5.28. The van der Waals surface area contributed by atoms with Gasteiger partial charge in [-0.15, -0.1) is 0 Å². The molecule has 1 heterocycles. The molecule has 1 N–H and O–H groups in total. The molecule has 1 aliphatic heterocycles. The summed E-state index contributed by atoms with van der Waals surface area (Å²) in [6.07, 6.45) is 2.48. The first-order chi connectivity index (χ1) is 8.38. The monoisotopic (exact) mass is 234 g/mol. The van der Waals surface area contributed by atoms with Crippen LogP contribution in [0.3, 0.4) is 0 Å². The van der Waals surface area contributed by atoms with Gasteiger partial charge in [0, 0.05) is 6.54 Å². The number of methoxy groups -OCH3 is 1. The standard InChI is InChI=1S/C14H22N2O/c1-17-14-6-2-5-13(11-14)12-16-9-3-7-15-8-4-10-16/h2,5-6,11,15H,3-4,7-10,12H2,1H3. The van der Waals surface area contributed by atoms with Gasteiger partial charge in [0.2, 0.25) is 0 Å². The number of benzene rings is 1. The van der Waals surface area contributed by atoms with Crippen molar-refractivity contribution < 1.29 is 4.74 Å². The number of hydrogen-bond acceptors (Lipinski definition) is 3. The molecule has 1 aliphatic rings. The minimum Gasteiger partial charge on any atom is -0.497 e. The van der Waals surface area contributed by atoms with Crippen LogP contribution in [0.2, 0.25) is 0 Å². The largest absolute Gasteiger partial charge is 0.497 e. The molecule has 2 rings (SSSR count). The molecule has 3 nitrogen and oxygen atoms in total. The van der Waals surface area contributed by atoms with Crippen molar-refractivity contribution in [1.29, 1.82) is 0 Å². The van der Waals surface area contributed by atoms with Crippen LogP contribution in [0, 0.1) is 0 Å². The lowest BCUT2D eigenvalue weighted by atomic mass is 10.2. The van der Waals surface area contributed by atoms with Gasteiger partial charge in [-0.25, -0.2) is 0 Å². The molecule has 0 aliphatic carbocycles. The second-order valence-corrected chi connectivity index (χ2v) is 4.58. The maximum Gasteiger partial charge on any atom is 0.119 e. The van der Waals surface area contributed by atoms with E-state index in [0.29, 0.717) is 0 Å². The van der Waals surface area contributed by atoms with Gasteiger partial charge in [0.25, 0.3) is 0 Å². The number of nitrogens with zero attached hydrogens (tertiary/aromatic N) is 1. The highest BCUT2D eigenvalue weighted by atomic mass is 16.5. The molecule has 0 aromatic heterocycles. The average molecular weight is 234 g/mol. The molecular weight excluding hydrogens is 212 g/mol. The van der Waals surface area contributed by atoms with Gasteiger partial charge < -0.3 is 10.1 Å². The Morgan fingerprint density at radius 1 is 1.24 bits per heavy atom.